The summed E-state index contributed by atoms with van der Waals surface area (Å²) >= 11 is 5.96. The molecule has 0 unspecified atom stereocenters. The maximum atomic E-state index is 13.3. The molecule has 0 atom stereocenters. The lowest BCUT2D eigenvalue weighted by atomic mass is 10.2. The van der Waals surface area contributed by atoms with E-state index >= 15 is 0 Å². The highest BCUT2D eigenvalue weighted by molar-refractivity contribution is 7.89. The lowest BCUT2D eigenvalue weighted by Crippen LogP contribution is -2.51. The number of nitrogens with zero attached hydrogens (tertiary/aromatic N) is 2. The Bertz CT molecular complexity index is 976. The normalized spacial score (nSPS) is 15.5. The van der Waals surface area contributed by atoms with Crippen molar-refractivity contribution in [3.8, 4) is 5.75 Å². The highest BCUT2D eigenvalue weighted by atomic mass is 35.5. The van der Waals surface area contributed by atoms with Gasteiger partial charge in [-0.25, -0.2) is 12.8 Å². The summed E-state index contributed by atoms with van der Waals surface area (Å²) in [6.45, 7) is 2.48. The summed E-state index contributed by atoms with van der Waals surface area (Å²) in [5.74, 6) is -0.289. The Labute approximate surface area is 168 Å². The zero-order valence-corrected chi connectivity index (χ0v) is 16.8. The van der Waals surface area contributed by atoms with Crippen LogP contribution < -0.4 is 4.74 Å². The zero-order chi connectivity index (χ0) is 20.3. The van der Waals surface area contributed by atoms with E-state index in [0.29, 0.717) is 10.8 Å². The molecule has 2 aromatic carbocycles. The summed E-state index contributed by atoms with van der Waals surface area (Å²) in [6.07, 6.45) is 0. The molecule has 1 aliphatic rings. The molecule has 1 heterocycles. The molecule has 1 fully saturated rings. The van der Waals surface area contributed by atoms with Gasteiger partial charge in [0.2, 0.25) is 10.0 Å². The number of carbonyl (C=O) groups excluding carboxylic acids is 1. The monoisotopic (exact) mass is 426 g/mol. The van der Waals surface area contributed by atoms with Crippen molar-refractivity contribution < 1.29 is 22.3 Å². The zero-order valence-electron chi connectivity index (χ0n) is 15.3. The van der Waals surface area contributed by atoms with Gasteiger partial charge in [-0.3, -0.25) is 4.79 Å². The van der Waals surface area contributed by atoms with Crippen molar-refractivity contribution in [1.82, 2.24) is 9.21 Å². The first-order valence-electron chi connectivity index (χ1n) is 8.70. The van der Waals surface area contributed by atoms with E-state index in [1.807, 2.05) is 6.92 Å². The van der Waals surface area contributed by atoms with Crippen molar-refractivity contribution in [1.29, 1.82) is 0 Å². The number of hydrogen-bond donors (Lipinski definition) is 0. The number of aryl methyl sites for hydroxylation is 1. The van der Waals surface area contributed by atoms with Crippen molar-refractivity contribution in [2.75, 3.05) is 32.8 Å². The van der Waals surface area contributed by atoms with Gasteiger partial charge in [0.05, 0.1) is 4.90 Å². The molecule has 150 valence electrons. The largest absolute Gasteiger partial charge is 0.484 e. The molecule has 1 saturated heterocycles. The van der Waals surface area contributed by atoms with E-state index in [0.717, 1.165) is 11.6 Å². The van der Waals surface area contributed by atoms with Crippen LogP contribution in [0.5, 0.6) is 5.75 Å². The third-order valence-corrected chi connectivity index (χ3v) is 6.84. The van der Waals surface area contributed by atoms with Gasteiger partial charge in [-0.2, -0.15) is 4.31 Å². The molecule has 0 radical (unpaired) electrons. The third-order valence-electron chi connectivity index (χ3n) is 4.52. The fourth-order valence-corrected chi connectivity index (χ4v) is 4.47. The molecule has 2 aromatic rings. The minimum absolute atomic E-state index is 0.0891. The van der Waals surface area contributed by atoms with E-state index < -0.39 is 15.8 Å². The summed E-state index contributed by atoms with van der Waals surface area (Å²) in [5.41, 5.74) is 0.850. The fourth-order valence-electron chi connectivity index (χ4n) is 2.90. The van der Waals surface area contributed by atoms with Gasteiger partial charge in [0.25, 0.3) is 5.91 Å². The van der Waals surface area contributed by atoms with Gasteiger partial charge in [-0.05, 0) is 48.9 Å². The number of ether oxygens (including phenoxy) is 1. The number of benzene rings is 2. The van der Waals surface area contributed by atoms with Gasteiger partial charge in [-0.15, -0.1) is 0 Å². The molecular weight excluding hydrogens is 407 g/mol. The standard InChI is InChI=1S/C19H20ClFN2O4S/c1-14-11-16(5-6-18(14)20)27-13-19(24)22-7-9-23(10-8-22)28(25,26)17-4-2-3-15(21)12-17/h2-6,11-12H,7-10,13H2,1H3. The third kappa shape index (κ3) is 4.63. The van der Waals surface area contributed by atoms with Gasteiger partial charge in [0, 0.05) is 31.2 Å². The van der Waals surface area contributed by atoms with Crippen LogP contribution in [-0.4, -0.2) is 56.3 Å². The van der Waals surface area contributed by atoms with Crippen LogP contribution in [0.4, 0.5) is 4.39 Å². The molecule has 6 nitrogen and oxygen atoms in total. The summed E-state index contributed by atoms with van der Waals surface area (Å²) in [7, 11) is -3.79. The Morgan fingerprint density at radius 2 is 1.86 bits per heavy atom. The van der Waals surface area contributed by atoms with E-state index in [-0.39, 0.29) is 43.6 Å². The summed E-state index contributed by atoms with van der Waals surface area (Å²) < 4.78 is 45.3. The molecule has 0 spiro atoms. The van der Waals surface area contributed by atoms with E-state index in [4.69, 9.17) is 16.3 Å². The van der Waals surface area contributed by atoms with Crippen molar-refractivity contribution >= 4 is 27.5 Å². The molecule has 28 heavy (non-hydrogen) atoms. The predicted octanol–water partition coefficient (Wildman–Crippen LogP) is 2.70. The van der Waals surface area contributed by atoms with Crippen LogP contribution in [0.1, 0.15) is 5.56 Å². The molecule has 0 aromatic heterocycles. The molecule has 0 N–H and O–H groups in total. The summed E-state index contributed by atoms with van der Waals surface area (Å²) in [4.78, 5) is 13.8. The fraction of sp³-hybridized carbons (Fsp3) is 0.316. The molecule has 0 aliphatic carbocycles. The van der Waals surface area contributed by atoms with Crippen LogP contribution in [0.3, 0.4) is 0 Å². The number of sulfonamides is 1. The second-order valence-electron chi connectivity index (χ2n) is 6.44. The number of piperazine rings is 1. The maximum absolute atomic E-state index is 13.3. The second-order valence-corrected chi connectivity index (χ2v) is 8.79. The van der Waals surface area contributed by atoms with Crippen molar-refractivity contribution in [2.24, 2.45) is 0 Å². The van der Waals surface area contributed by atoms with Crippen LogP contribution in [0.2, 0.25) is 5.02 Å². The molecule has 0 bridgehead atoms. The predicted molar refractivity (Wildman–Crippen MR) is 103 cm³/mol. The van der Waals surface area contributed by atoms with Gasteiger partial charge in [0.15, 0.2) is 6.61 Å². The Balaban J connectivity index is 1.55. The average Bonchev–Trinajstić information content (AvgIpc) is 2.68. The number of amides is 1. The van der Waals surface area contributed by atoms with E-state index in [1.54, 1.807) is 23.1 Å². The molecule has 1 amide bonds. The first-order chi connectivity index (χ1) is 13.3. The Morgan fingerprint density at radius 3 is 2.50 bits per heavy atom. The lowest BCUT2D eigenvalue weighted by Gasteiger charge is -2.34. The molecular formula is C19H20ClFN2O4S. The van der Waals surface area contributed by atoms with Crippen LogP contribution in [0.15, 0.2) is 47.4 Å². The summed E-state index contributed by atoms with van der Waals surface area (Å²) in [6, 6.07) is 10.0. The smallest absolute Gasteiger partial charge is 0.260 e. The molecule has 9 heteroatoms. The highest BCUT2D eigenvalue weighted by Crippen LogP contribution is 2.21. The van der Waals surface area contributed by atoms with Gasteiger partial charge < -0.3 is 9.64 Å². The molecule has 0 saturated carbocycles. The van der Waals surface area contributed by atoms with Gasteiger partial charge in [0.1, 0.15) is 11.6 Å². The topological polar surface area (TPSA) is 66.9 Å². The minimum Gasteiger partial charge on any atom is -0.484 e. The van der Waals surface area contributed by atoms with Crippen molar-refractivity contribution in [2.45, 2.75) is 11.8 Å². The van der Waals surface area contributed by atoms with Gasteiger partial charge >= 0.3 is 0 Å². The summed E-state index contributed by atoms with van der Waals surface area (Å²) in [5, 5.41) is 0.620. The average molecular weight is 427 g/mol. The van der Waals surface area contributed by atoms with Crippen LogP contribution in [0, 0.1) is 12.7 Å². The Morgan fingerprint density at radius 1 is 1.14 bits per heavy atom. The number of hydrogen-bond acceptors (Lipinski definition) is 4. The highest BCUT2D eigenvalue weighted by Gasteiger charge is 2.30. The Kier molecular flexibility index (Phi) is 6.22. The van der Waals surface area contributed by atoms with E-state index in [2.05, 4.69) is 0 Å². The SMILES string of the molecule is Cc1cc(OCC(=O)N2CCN(S(=O)(=O)c3cccc(F)c3)CC2)ccc1Cl. The minimum atomic E-state index is -3.79. The van der Waals surface area contributed by atoms with Crippen molar-refractivity contribution in [3.63, 3.8) is 0 Å². The van der Waals surface area contributed by atoms with Gasteiger partial charge in [-0.1, -0.05) is 17.7 Å². The van der Waals surface area contributed by atoms with Crippen molar-refractivity contribution in [3.05, 3.63) is 58.9 Å². The molecule has 3 rings (SSSR count). The van der Waals surface area contributed by atoms with E-state index in [1.165, 1.54) is 22.5 Å². The number of halogens is 2. The van der Waals surface area contributed by atoms with Crippen LogP contribution >= 0.6 is 11.6 Å². The van der Waals surface area contributed by atoms with E-state index in [9.17, 15) is 17.6 Å². The number of carbonyl (C=O) groups is 1. The number of rotatable bonds is 5. The van der Waals surface area contributed by atoms with Crippen LogP contribution in [0.25, 0.3) is 0 Å². The lowest BCUT2D eigenvalue weighted by molar-refractivity contribution is -0.134. The molecule has 1 aliphatic heterocycles. The quantitative estimate of drug-likeness (QED) is 0.737. The maximum Gasteiger partial charge on any atom is 0.260 e. The second kappa shape index (κ2) is 8.46. The Hall–Kier alpha value is -2.16. The first kappa shape index (κ1) is 20.6. The van der Waals surface area contributed by atoms with Crippen LogP contribution in [-0.2, 0) is 14.8 Å². The first-order valence-corrected chi connectivity index (χ1v) is 10.5.